The van der Waals surface area contributed by atoms with Gasteiger partial charge in [0.05, 0.1) is 6.61 Å². The van der Waals surface area contributed by atoms with Gasteiger partial charge in [-0.2, -0.15) is 0 Å². The Balaban J connectivity index is -0.000000110. The second-order valence-electron chi connectivity index (χ2n) is 6.12. The Bertz CT molecular complexity index is 593. The van der Waals surface area contributed by atoms with Crippen LogP contribution in [0.15, 0.2) is 85.1 Å². The first-order valence-corrected chi connectivity index (χ1v) is 13.8. The summed E-state index contributed by atoms with van der Waals surface area (Å²) in [5.74, 6) is 0.297. The predicted molar refractivity (Wildman–Crippen MR) is 170 cm³/mol. The van der Waals surface area contributed by atoms with Crippen LogP contribution in [0, 0.1) is 5.92 Å². The maximum absolute atomic E-state index is 12.0. The van der Waals surface area contributed by atoms with Crippen LogP contribution in [0.5, 0.6) is 0 Å². The van der Waals surface area contributed by atoms with Crippen LogP contribution in [-0.2, 0) is 9.53 Å². The predicted octanol–water partition coefficient (Wildman–Crippen LogP) is 10.2. The van der Waals surface area contributed by atoms with Gasteiger partial charge < -0.3 is 10.1 Å². The first-order chi connectivity index (χ1) is 17.5. The molecule has 1 aliphatic carbocycles. The van der Waals surface area contributed by atoms with Crippen molar-refractivity contribution in [2.24, 2.45) is 5.92 Å². The van der Waals surface area contributed by atoms with Crippen LogP contribution >= 0.6 is 0 Å². The summed E-state index contributed by atoms with van der Waals surface area (Å²) in [5, 5.41) is 2.92. The molecule has 212 valence electrons. The molecule has 1 amide bonds. The number of hydrogen-bond donors (Lipinski definition) is 1. The molecule has 0 aromatic rings. The first-order valence-electron chi connectivity index (χ1n) is 13.8. The molecule has 1 rings (SSSR count). The van der Waals surface area contributed by atoms with Gasteiger partial charge in [-0.1, -0.05) is 122 Å². The van der Waals surface area contributed by atoms with E-state index in [0.29, 0.717) is 6.54 Å². The number of hydrogen-bond acceptors (Lipinski definition) is 2. The zero-order valence-electron chi connectivity index (χ0n) is 26.5. The minimum atomic E-state index is 0.0140. The maximum atomic E-state index is 12.0. The van der Waals surface area contributed by atoms with Gasteiger partial charge in [0.25, 0.3) is 0 Å². The maximum Gasteiger partial charge on any atom is 0.247 e. The van der Waals surface area contributed by atoms with E-state index in [0.717, 1.165) is 36.4 Å². The Kier molecular flexibility index (Phi) is 59.9. The molecule has 0 fully saturated rings. The average Bonchev–Trinajstić information content (AvgIpc) is 2.95. The quantitative estimate of drug-likeness (QED) is 0.202. The number of carbonyl (C=O) groups excluding carboxylic acids is 1. The van der Waals surface area contributed by atoms with Crippen LogP contribution in [0.2, 0.25) is 0 Å². The lowest BCUT2D eigenvalue weighted by Crippen LogP contribution is -2.26. The highest BCUT2D eigenvalue weighted by Gasteiger charge is 2.16. The summed E-state index contributed by atoms with van der Waals surface area (Å²) in [7, 11) is 0. The Morgan fingerprint density at radius 2 is 1.56 bits per heavy atom. The molecule has 0 aliphatic heterocycles. The highest BCUT2D eigenvalue weighted by atomic mass is 16.5. The normalized spacial score (nSPS) is 13.1. The van der Waals surface area contributed by atoms with Crippen LogP contribution in [0.1, 0.15) is 96.4 Å². The monoisotopic (exact) mass is 505 g/mol. The molecule has 3 nitrogen and oxygen atoms in total. The van der Waals surface area contributed by atoms with Gasteiger partial charge in [0.1, 0.15) is 0 Å². The lowest BCUT2D eigenvalue weighted by Gasteiger charge is -2.18. The molecule has 0 bridgehead atoms. The average molecular weight is 506 g/mol. The van der Waals surface area contributed by atoms with E-state index in [-0.39, 0.29) is 11.8 Å². The van der Waals surface area contributed by atoms with Crippen LogP contribution in [-0.4, -0.2) is 25.7 Å². The molecule has 36 heavy (non-hydrogen) atoms. The summed E-state index contributed by atoms with van der Waals surface area (Å²) in [6, 6.07) is 0. The van der Waals surface area contributed by atoms with Gasteiger partial charge in [-0.25, -0.2) is 0 Å². The van der Waals surface area contributed by atoms with E-state index in [9.17, 15) is 4.79 Å². The van der Waals surface area contributed by atoms with Crippen LogP contribution in [0.25, 0.3) is 0 Å². The lowest BCUT2D eigenvalue weighted by molar-refractivity contribution is -0.117. The number of nitrogens with one attached hydrogen (secondary N) is 1. The van der Waals surface area contributed by atoms with Crippen LogP contribution < -0.4 is 5.32 Å². The minimum Gasteiger partial charge on any atom is -0.378 e. The Labute approximate surface area is 227 Å². The van der Waals surface area contributed by atoms with Gasteiger partial charge in [0, 0.05) is 24.6 Å². The summed E-state index contributed by atoms with van der Waals surface area (Å²) in [5.41, 5.74) is 3.08. The van der Waals surface area contributed by atoms with Crippen molar-refractivity contribution in [1.82, 2.24) is 5.32 Å². The fraction of sp³-hybridized carbons (Fsp3) is 0.545. The largest absolute Gasteiger partial charge is 0.378 e. The van der Waals surface area contributed by atoms with Gasteiger partial charge in [0.15, 0.2) is 0 Å². The molecule has 3 heteroatoms. The van der Waals surface area contributed by atoms with Crippen molar-refractivity contribution >= 4 is 5.91 Å². The third-order valence-corrected chi connectivity index (χ3v) is 3.78. The minimum absolute atomic E-state index is 0.0140. The van der Waals surface area contributed by atoms with Crippen molar-refractivity contribution in [3.63, 3.8) is 0 Å². The highest BCUT2D eigenvalue weighted by Crippen LogP contribution is 2.23. The highest BCUT2D eigenvalue weighted by molar-refractivity contribution is 5.94. The summed E-state index contributed by atoms with van der Waals surface area (Å²) in [4.78, 5) is 12.0. The summed E-state index contributed by atoms with van der Waals surface area (Å²) >= 11 is 0. The molecule has 0 radical (unpaired) electrons. The molecular formula is C33H63NO2. The third-order valence-electron chi connectivity index (χ3n) is 3.78. The van der Waals surface area contributed by atoms with Gasteiger partial charge in [0.2, 0.25) is 5.91 Å². The second-order valence-corrected chi connectivity index (χ2v) is 6.12. The van der Waals surface area contributed by atoms with Gasteiger partial charge in [-0.05, 0) is 41.0 Å². The summed E-state index contributed by atoms with van der Waals surface area (Å²) in [6.07, 6.45) is 16.7. The summed E-state index contributed by atoms with van der Waals surface area (Å²) in [6.45, 7) is 38.1. The second kappa shape index (κ2) is 46.0. The molecule has 0 heterocycles. The standard InChI is InChI=1S/C17H23NO.C6H12O.4C2H6.C2H4/c1-5-7-14(4)10-11-18-17(19)16-9-6-8-15(12-16)13(2)3;1-3-5-6-7-4-2;5*1-2/h5-10,15H,2,11-12H2,1,3-4H3,(H,18,19);3,5H,4,6H2,1-2H3;4*1-2H3;1-2H2/b7-5-,14-10-;5-3-;;;;;/t15-;;;;;;/m1....../s1. The SMILES string of the molecule is C/C=C\COCC.C=C.C=C(C)[C@@H]1C=CC=C(C(=O)NC/C=C(C)\C=C/C)C1.CC.CC.CC.CC. The molecule has 0 saturated carbocycles. The van der Waals surface area contributed by atoms with Gasteiger partial charge in [-0.3, -0.25) is 4.79 Å². The lowest BCUT2D eigenvalue weighted by atomic mass is 9.89. The van der Waals surface area contributed by atoms with E-state index in [1.807, 2.05) is 133 Å². The number of allylic oxidation sites excluding steroid dienone is 8. The van der Waals surface area contributed by atoms with Crippen molar-refractivity contribution < 1.29 is 9.53 Å². The number of carbonyl (C=O) groups is 1. The first kappa shape index (κ1) is 46.9. The number of amides is 1. The third kappa shape index (κ3) is 36.2. The molecule has 0 spiro atoms. The smallest absolute Gasteiger partial charge is 0.247 e. The number of rotatable bonds is 8. The fourth-order valence-corrected chi connectivity index (χ4v) is 2.22. The van der Waals surface area contributed by atoms with E-state index in [4.69, 9.17) is 4.74 Å². The number of ether oxygens (including phenoxy) is 1. The summed E-state index contributed by atoms with van der Waals surface area (Å²) < 4.78 is 4.99. The van der Waals surface area contributed by atoms with E-state index in [1.165, 1.54) is 0 Å². The van der Waals surface area contributed by atoms with Crippen molar-refractivity contribution in [2.75, 3.05) is 19.8 Å². The Morgan fingerprint density at radius 3 is 1.97 bits per heavy atom. The van der Waals surface area contributed by atoms with E-state index >= 15 is 0 Å². The van der Waals surface area contributed by atoms with E-state index in [1.54, 1.807) is 0 Å². The van der Waals surface area contributed by atoms with Gasteiger partial charge >= 0.3 is 0 Å². The molecule has 1 atom stereocenters. The van der Waals surface area contributed by atoms with Gasteiger partial charge in [-0.15, -0.1) is 13.2 Å². The zero-order chi connectivity index (χ0) is 29.8. The van der Waals surface area contributed by atoms with Crippen molar-refractivity contribution in [1.29, 1.82) is 0 Å². The molecule has 1 N–H and O–H groups in total. The molecule has 0 unspecified atom stereocenters. The molecule has 0 saturated heterocycles. The van der Waals surface area contributed by atoms with Crippen molar-refractivity contribution in [2.45, 2.75) is 96.4 Å². The fourth-order valence-electron chi connectivity index (χ4n) is 2.22. The van der Waals surface area contributed by atoms with Crippen molar-refractivity contribution in [3.8, 4) is 0 Å². The van der Waals surface area contributed by atoms with Crippen molar-refractivity contribution in [3.05, 3.63) is 85.1 Å². The Morgan fingerprint density at radius 1 is 1.03 bits per heavy atom. The van der Waals surface area contributed by atoms with Crippen LogP contribution in [0.3, 0.4) is 0 Å². The molecular weight excluding hydrogens is 442 g/mol. The van der Waals surface area contributed by atoms with E-state index in [2.05, 4.69) is 31.1 Å². The molecule has 0 aromatic carbocycles. The zero-order valence-corrected chi connectivity index (χ0v) is 26.5. The molecule has 0 aromatic heterocycles. The topological polar surface area (TPSA) is 38.3 Å². The van der Waals surface area contributed by atoms with E-state index < -0.39 is 0 Å². The van der Waals surface area contributed by atoms with Crippen LogP contribution in [0.4, 0.5) is 0 Å². The molecule has 1 aliphatic rings. The Hall–Kier alpha value is -2.39.